The highest BCUT2D eigenvalue weighted by molar-refractivity contribution is 7.26. The number of nitrogens with zero attached hydrogens (tertiary/aromatic N) is 5. The van der Waals surface area contributed by atoms with Gasteiger partial charge in [0.15, 0.2) is 5.82 Å². The van der Waals surface area contributed by atoms with Gasteiger partial charge in [-0.25, -0.2) is 19.9 Å². The van der Waals surface area contributed by atoms with Crippen LogP contribution in [-0.4, -0.2) is 25.1 Å². The highest BCUT2D eigenvalue weighted by Crippen LogP contribution is 2.38. The van der Waals surface area contributed by atoms with E-state index in [4.69, 9.17) is 4.52 Å². The van der Waals surface area contributed by atoms with Crippen LogP contribution in [0.15, 0.2) is 23.0 Å². The molecule has 5 aromatic heterocycles. The van der Waals surface area contributed by atoms with Gasteiger partial charge in [-0.3, -0.25) is 0 Å². The van der Waals surface area contributed by atoms with E-state index >= 15 is 0 Å². The number of aromatic nitrogens is 5. The topological polar surface area (TPSA) is 89.6 Å². The fraction of sp³-hybridized carbons (Fsp3) is 0.211. The fourth-order valence-corrected chi connectivity index (χ4v) is 4.68. The zero-order valence-corrected chi connectivity index (χ0v) is 16.1. The average Bonchev–Trinajstić information content (AvgIpc) is 3.16. The van der Waals surface area contributed by atoms with E-state index in [0.717, 1.165) is 48.3 Å². The lowest BCUT2D eigenvalue weighted by molar-refractivity contribution is 0.442. The number of rotatable bonds is 2. The predicted molar refractivity (Wildman–Crippen MR) is 107 cm³/mol. The van der Waals surface area contributed by atoms with Crippen molar-refractivity contribution in [1.82, 2.24) is 25.1 Å². The van der Waals surface area contributed by atoms with Gasteiger partial charge < -0.3 is 9.84 Å². The van der Waals surface area contributed by atoms with E-state index < -0.39 is 0 Å². The van der Waals surface area contributed by atoms with Gasteiger partial charge in [0.05, 0.1) is 15.6 Å². The Morgan fingerprint density at radius 1 is 0.926 bits per heavy atom. The molecule has 134 valence electrons. The lowest BCUT2D eigenvalue weighted by Crippen LogP contribution is -1.95. The molecule has 7 nitrogen and oxygen atoms in total. The molecule has 0 bridgehead atoms. The molecule has 0 fully saturated rings. The van der Waals surface area contributed by atoms with Crippen molar-refractivity contribution >= 4 is 54.5 Å². The maximum Gasteiger partial charge on any atom is 0.240 e. The van der Waals surface area contributed by atoms with Gasteiger partial charge in [-0.1, -0.05) is 5.16 Å². The summed E-state index contributed by atoms with van der Waals surface area (Å²) in [4.78, 5) is 19.0. The molecule has 0 aliphatic carbocycles. The average molecular weight is 376 g/mol. The Balaban J connectivity index is 1.71. The van der Waals surface area contributed by atoms with Crippen molar-refractivity contribution in [3.05, 3.63) is 41.0 Å². The zero-order chi connectivity index (χ0) is 18.7. The van der Waals surface area contributed by atoms with Crippen molar-refractivity contribution in [2.75, 3.05) is 5.32 Å². The first kappa shape index (κ1) is 16.1. The van der Waals surface area contributed by atoms with Crippen molar-refractivity contribution in [2.24, 2.45) is 0 Å². The van der Waals surface area contributed by atoms with E-state index in [2.05, 4.69) is 43.4 Å². The lowest BCUT2D eigenvalue weighted by Gasteiger charge is -2.04. The van der Waals surface area contributed by atoms with E-state index in [1.165, 1.54) is 0 Å². The number of fused-ring (bicyclic) bond motifs is 4. The van der Waals surface area contributed by atoms with Gasteiger partial charge in [-0.15, -0.1) is 11.3 Å². The van der Waals surface area contributed by atoms with Gasteiger partial charge in [0.25, 0.3) is 0 Å². The van der Waals surface area contributed by atoms with Crippen molar-refractivity contribution in [3.63, 3.8) is 0 Å². The first-order valence-corrected chi connectivity index (χ1v) is 9.35. The van der Waals surface area contributed by atoms with Crippen LogP contribution in [0.25, 0.3) is 31.5 Å². The van der Waals surface area contributed by atoms with Gasteiger partial charge in [0.1, 0.15) is 11.2 Å². The third-order valence-corrected chi connectivity index (χ3v) is 5.64. The van der Waals surface area contributed by atoms with Crippen molar-refractivity contribution in [2.45, 2.75) is 27.7 Å². The minimum Gasteiger partial charge on any atom is -0.336 e. The largest absolute Gasteiger partial charge is 0.336 e. The SMILES string of the molecule is Cc1cc(C)c2c(Nc3ncnc4c3sc3nc(C)cc(C)c34)onc2n1. The molecule has 0 amide bonds. The van der Waals surface area contributed by atoms with E-state index in [1.54, 1.807) is 17.7 Å². The molecule has 0 aromatic carbocycles. The first-order valence-electron chi connectivity index (χ1n) is 8.53. The number of aryl methyl sites for hydroxylation is 4. The number of hydrogen-bond acceptors (Lipinski definition) is 8. The first-order chi connectivity index (χ1) is 13.0. The van der Waals surface area contributed by atoms with E-state index in [1.807, 2.05) is 26.8 Å². The number of hydrogen-bond donors (Lipinski definition) is 1. The Labute approximate surface area is 158 Å². The molecule has 5 aromatic rings. The normalized spacial score (nSPS) is 11.7. The third-order valence-electron chi connectivity index (χ3n) is 4.56. The molecule has 0 atom stereocenters. The standard InChI is InChI=1S/C19H16N6OS/c1-8-5-11(4)23-19-12(8)14-15(27-19)17(21-7-20-14)24-18-13-9(2)6-10(3)22-16(13)25-26-18/h5-7H,1-4H3,(H,20,21,24). The maximum atomic E-state index is 5.53. The molecule has 0 saturated heterocycles. The highest BCUT2D eigenvalue weighted by Gasteiger charge is 2.18. The van der Waals surface area contributed by atoms with E-state index in [0.29, 0.717) is 17.3 Å². The summed E-state index contributed by atoms with van der Waals surface area (Å²) in [5.41, 5.74) is 5.60. The Morgan fingerprint density at radius 3 is 2.48 bits per heavy atom. The second-order valence-electron chi connectivity index (χ2n) is 6.68. The lowest BCUT2D eigenvalue weighted by atomic mass is 10.1. The van der Waals surface area contributed by atoms with Crippen LogP contribution in [-0.2, 0) is 0 Å². The minimum absolute atomic E-state index is 0.535. The molecule has 0 aliphatic heterocycles. The molecule has 0 aliphatic rings. The Morgan fingerprint density at radius 2 is 1.67 bits per heavy atom. The third kappa shape index (κ3) is 2.44. The molecular weight excluding hydrogens is 360 g/mol. The fourth-order valence-electron chi connectivity index (χ4n) is 3.49. The van der Waals surface area contributed by atoms with Crippen LogP contribution >= 0.6 is 11.3 Å². The molecule has 1 N–H and O–H groups in total. The summed E-state index contributed by atoms with van der Waals surface area (Å²) in [6.07, 6.45) is 1.56. The van der Waals surface area contributed by atoms with Crippen LogP contribution in [0.3, 0.4) is 0 Å². The zero-order valence-electron chi connectivity index (χ0n) is 15.3. The van der Waals surface area contributed by atoms with Crippen LogP contribution in [0, 0.1) is 27.7 Å². The molecule has 27 heavy (non-hydrogen) atoms. The second kappa shape index (κ2) is 5.68. The summed E-state index contributed by atoms with van der Waals surface area (Å²) in [6.45, 7) is 8.04. The van der Waals surface area contributed by atoms with Gasteiger partial charge in [0, 0.05) is 16.8 Å². The summed E-state index contributed by atoms with van der Waals surface area (Å²) in [6, 6.07) is 4.08. The smallest absolute Gasteiger partial charge is 0.240 e. The van der Waals surface area contributed by atoms with Crippen LogP contribution < -0.4 is 5.32 Å². The molecule has 8 heteroatoms. The second-order valence-corrected chi connectivity index (χ2v) is 7.68. The summed E-state index contributed by atoms with van der Waals surface area (Å²) in [5, 5.41) is 9.30. The van der Waals surface area contributed by atoms with Crippen LogP contribution in [0.1, 0.15) is 22.5 Å². The number of nitrogens with one attached hydrogen (secondary N) is 1. The monoisotopic (exact) mass is 376 g/mol. The minimum atomic E-state index is 0.535. The highest BCUT2D eigenvalue weighted by atomic mass is 32.1. The molecule has 0 saturated carbocycles. The summed E-state index contributed by atoms with van der Waals surface area (Å²) in [5.74, 6) is 1.21. The van der Waals surface area contributed by atoms with Gasteiger partial charge in [-0.05, 0) is 51.0 Å². The summed E-state index contributed by atoms with van der Waals surface area (Å²) < 4.78 is 6.47. The maximum absolute atomic E-state index is 5.53. The van der Waals surface area contributed by atoms with Gasteiger partial charge in [-0.2, -0.15) is 0 Å². The Kier molecular flexibility index (Phi) is 3.38. The predicted octanol–water partition coefficient (Wildman–Crippen LogP) is 4.75. The Hall–Kier alpha value is -3.13. The molecule has 0 unspecified atom stereocenters. The quantitative estimate of drug-likeness (QED) is 0.475. The summed E-state index contributed by atoms with van der Waals surface area (Å²) in [7, 11) is 0. The number of pyridine rings is 2. The van der Waals surface area contributed by atoms with Gasteiger partial charge in [0.2, 0.25) is 11.5 Å². The molecule has 5 rings (SSSR count). The van der Waals surface area contributed by atoms with Crippen molar-refractivity contribution < 1.29 is 4.52 Å². The van der Waals surface area contributed by atoms with E-state index in [-0.39, 0.29) is 0 Å². The molecule has 5 heterocycles. The van der Waals surface area contributed by atoms with Crippen LogP contribution in [0.2, 0.25) is 0 Å². The Bertz CT molecular complexity index is 1350. The van der Waals surface area contributed by atoms with Gasteiger partial charge >= 0.3 is 0 Å². The number of anilines is 2. The molecular formula is C19H16N6OS. The van der Waals surface area contributed by atoms with Crippen LogP contribution in [0.5, 0.6) is 0 Å². The molecule has 0 spiro atoms. The molecule has 0 radical (unpaired) electrons. The van der Waals surface area contributed by atoms with Crippen LogP contribution in [0.4, 0.5) is 11.7 Å². The summed E-state index contributed by atoms with van der Waals surface area (Å²) >= 11 is 1.57. The van der Waals surface area contributed by atoms with Crippen molar-refractivity contribution in [3.8, 4) is 0 Å². The van der Waals surface area contributed by atoms with E-state index in [9.17, 15) is 0 Å². The number of thiophene rings is 1. The van der Waals surface area contributed by atoms with Crippen molar-refractivity contribution in [1.29, 1.82) is 0 Å².